The number of unbranched alkanes of at least 4 members (excludes halogenated alkanes) is 1. The maximum Gasteiger partial charge on any atom is 0.354 e. The average Bonchev–Trinajstić information content (AvgIpc) is 2.64. The fourth-order valence-corrected chi connectivity index (χ4v) is 3.19. The van der Waals surface area contributed by atoms with E-state index >= 15 is 0 Å². The van der Waals surface area contributed by atoms with Crippen LogP contribution in [-0.2, 0) is 4.79 Å². The lowest BCUT2D eigenvalue weighted by atomic mass is 10.1. The Morgan fingerprint density at radius 3 is 2.37 bits per heavy atom. The maximum absolute atomic E-state index is 12.4. The van der Waals surface area contributed by atoms with Crippen molar-refractivity contribution in [3.05, 3.63) is 63.1 Å². The van der Waals surface area contributed by atoms with E-state index in [-0.39, 0.29) is 5.57 Å². The fraction of sp³-hybridized carbons (Fsp3) is 0.273. The molecule has 2 rings (SSSR count). The Kier molecular flexibility index (Phi) is 7.63. The van der Waals surface area contributed by atoms with Crippen LogP contribution in [0.1, 0.15) is 36.5 Å². The third kappa shape index (κ3) is 5.97. The topological polar surface area (TPSA) is 59.3 Å². The number of hydrogen-bond donors (Lipinski definition) is 0. The molecule has 5 heteroatoms. The SMILES string of the molecule is CCCCOc1ccc(/C=C(/C#N)C(=O)Oc2c(C)cc(Br)cc2C)cc1. The second-order valence-electron chi connectivity index (χ2n) is 6.20. The molecule has 0 amide bonds. The van der Waals surface area contributed by atoms with Gasteiger partial charge in [-0.15, -0.1) is 0 Å². The minimum Gasteiger partial charge on any atom is -0.494 e. The molecule has 0 heterocycles. The number of hydrogen-bond acceptors (Lipinski definition) is 4. The van der Waals surface area contributed by atoms with E-state index in [1.165, 1.54) is 6.08 Å². The zero-order chi connectivity index (χ0) is 19.8. The van der Waals surface area contributed by atoms with Crippen molar-refractivity contribution < 1.29 is 14.3 Å². The number of carbonyl (C=O) groups is 1. The molecule has 0 saturated carbocycles. The van der Waals surface area contributed by atoms with Crippen molar-refractivity contribution in [2.75, 3.05) is 6.61 Å². The first-order chi connectivity index (χ1) is 12.9. The Morgan fingerprint density at radius 2 is 1.81 bits per heavy atom. The first-order valence-corrected chi connectivity index (χ1v) is 9.57. The third-order valence-electron chi connectivity index (χ3n) is 3.92. The van der Waals surface area contributed by atoms with Gasteiger partial charge in [0.1, 0.15) is 23.1 Å². The minimum atomic E-state index is -0.672. The van der Waals surface area contributed by atoms with Crippen molar-refractivity contribution >= 4 is 28.0 Å². The monoisotopic (exact) mass is 427 g/mol. The van der Waals surface area contributed by atoms with E-state index in [0.717, 1.165) is 39.8 Å². The Bertz CT molecular complexity index is 856. The van der Waals surface area contributed by atoms with Crippen LogP contribution in [0.3, 0.4) is 0 Å². The van der Waals surface area contributed by atoms with Gasteiger partial charge in [-0.2, -0.15) is 5.26 Å². The first kappa shape index (κ1) is 20.7. The quantitative estimate of drug-likeness (QED) is 0.185. The lowest BCUT2D eigenvalue weighted by Crippen LogP contribution is -2.12. The number of ether oxygens (including phenoxy) is 2. The molecule has 0 unspecified atom stereocenters. The van der Waals surface area contributed by atoms with Crippen molar-refractivity contribution in [3.8, 4) is 17.6 Å². The zero-order valence-corrected chi connectivity index (χ0v) is 17.3. The highest BCUT2D eigenvalue weighted by atomic mass is 79.9. The van der Waals surface area contributed by atoms with Gasteiger partial charge in [-0.05, 0) is 67.3 Å². The maximum atomic E-state index is 12.4. The normalized spacial score (nSPS) is 11.0. The van der Waals surface area contributed by atoms with Gasteiger partial charge in [-0.3, -0.25) is 0 Å². The predicted octanol–water partition coefficient (Wildman–Crippen LogP) is 5.76. The molecule has 0 radical (unpaired) electrons. The van der Waals surface area contributed by atoms with Crippen molar-refractivity contribution in [1.29, 1.82) is 5.26 Å². The second-order valence-corrected chi connectivity index (χ2v) is 7.11. The van der Waals surface area contributed by atoms with Gasteiger partial charge in [0, 0.05) is 4.47 Å². The Labute approximate surface area is 168 Å². The van der Waals surface area contributed by atoms with Crippen LogP contribution in [0.5, 0.6) is 11.5 Å². The van der Waals surface area contributed by atoms with E-state index < -0.39 is 5.97 Å². The van der Waals surface area contributed by atoms with Gasteiger partial charge >= 0.3 is 5.97 Å². The average molecular weight is 428 g/mol. The molecule has 0 spiro atoms. The predicted molar refractivity (Wildman–Crippen MR) is 110 cm³/mol. The summed E-state index contributed by atoms with van der Waals surface area (Å²) in [7, 11) is 0. The van der Waals surface area contributed by atoms with E-state index in [1.54, 1.807) is 0 Å². The standard InChI is InChI=1S/C22H22BrNO3/c1-4-5-10-26-20-8-6-17(7-9-20)13-18(14-24)22(25)27-21-15(2)11-19(23)12-16(21)3/h6-9,11-13H,4-5,10H2,1-3H3/b18-13-. The van der Waals surface area contributed by atoms with Gasteiger partial charge < -0.3 is 9.47 Å². The summed E-state index contributed by atoms with van der Waals surface area (Å²) in [5.74, 6) is 0.570. The summed E-state index contributed by atoms with van der Waals surface area (Å²) in [5, 5.41) is 9.37. The molecule has 2 aromatic carbocycles. The lowest BCUT2D eigenvalue weighted by molar-refractivity contribution is -0.129. The van der Waals surface area contributed by atoms with E-state index in [4.69, 9.17) is 9.47 Å². The number of rotatable bonds is 7. The van der Waals surface area contributed by atoms with Crippen LogP contribution in [0.25, 0.3) is 6.08 Å². The molecule has 0 N–H and O–H groups in total. The highest BCUT2D eigenvalue weighted by Gasteiger charge is 2.15. The highest BCUT2D eigenvalue weighted by molar-refractivity contribution is 9.10. The molecule has 0 aliphatic rings. The summed E-state index contributed by atoms with van der Waals surface area (Å²) < 4.78 is 12.0. The van der Waals surface area contributed by atoms with E-state index in [2.05, 4.69) is 22.9 Å². The van der Waals surface area contributed by atoms with Crippen molar-refractivity contribution in [2.45, 2.75) is 33.6 Å². The van der Waals surface area contributed by atoms with Crippen molar-refractivity contribution in [2.24, 2.45) is 0 Å². The number of nitrogens with zero attached hydrogens (tertiary/aromatic N) is 1. The Hall–Kier alpha value is -2.58. The summed E-state index contributed by atoms with van der Waals surface area (Å²) >= 11 is 3.41. The molecule has 2 aromatic rings. The molecule has 140 valence electrons. The number of halogens is 1. The molecule has 0 fully saturated rings. The van der Waals surface area contributed by atoms with Crippen LogP contribution in [0.2, 0.25) is 0 Å². The largest absolute Gasteiger partial charge is 0.494 e. The summed E-state index contributed by atoms with van der Waals surface area (Å²) in [4.78, 5) is 12.4. The van der Waals surface area contributed by atoms with Crippen LogP contribution >= 0.6 is 15.9 Å². The number of aryl methyl sites for hydroxylation is 2. The molecular formula is C22H22BrNO3. The van der Waals surface area contributed by atoms with Crippen LogP contribution in [-0.4, -0.2) is 12.6 Å². The smallest absolute Gasteiger partial charge is 0.354 e. The highest BCUT2D eigenvalue weighted by Crippen LogP contribution is 2.28. The lowest BCUT2D eigenvalue weighted by Gasteiger charge is -2.10. The van der Waals surface area contributed by atoms with Crippen molar-refractivity contribution in [1.82, 2.24) is 0 Å². The molecule has 0 atom stereocenters. The van der Waals surface area contributed by atoms with Gasteiger partial charge in [0.05, 0.1) is 6.61 Å². The van der Waals surface area contributed by atoms with Gasteiger partial charge in [0.2, 0.25) is 0 Å². The number of esters is 1. The number of carbonyl (C=O) groups excluding carboxylic acids is 1. The van der Waals surface area contributed by atoms with Crippen LogP contribution in [0.4, 0.5) is 0 Å². The molecule has 0 aliphatic heterocycles. The number of nitriles is 1. The Morgan fingerprint density at radius 1 is 1.19 bits per heavy atom. The van der Waals surface area contributed by atoms with Crippen LogP contribution < -0.4 is 9.47 Å². The van der Waals surface area contributed by atoms with Gasteiger partial charge in [0.15, 0.2) is 0 Å². The second kappa shape index (κ2) is 9.94. The number of benzene rings is 2. The molecular weight excluding hydrogens is 406 g/mol. The minimum absolute atomic E-state index is 0.0589. The van der Waals surface area contributed by atoms with Crippen LogP contribution in [0, 0.1) is 25.2 Å². The summed E-state index contributed by atoms with van der Waals surface area (Å²) in [6.07, 6.45) is 3.59. The summed E-state index contributed by atoms with van der Waals surface area (Å²) in [6.45, 7) is 6.49. The summed E-state index contributed by atoms with van der Waals surface area (Å²) in [5.41, 5.74) is 2.31. The Balaban J connectivity index is 2.14. The molecule has 27 heavy (non-hydrogen) atoms. The fourth-order valence-electron chi connectivity index (χ4n) is 2.50. The van der Waals surface area contributed by atoms with Crippen molar-refractivity contribution in [3.63, 3.8) is 0 Å². The molecule has 4 nitrogen and oxygen atoms in total. The molecule has 0 aliphatic carbocycles. The molecule has 0 saturated heterocycles. The first-order valence-electron chi connectivity index (χ1n) is 8.78. The van der Waals surface area contributed by atoms with Gasteiger partial charge in [0.25, 0.3) is 0 Å². The zero-order valence-electron chi connectivity index (χ0n) is 15.7. The summed E-state index contributed by atoms with van der Waals surface area (Å²) in [6, 6.07) is 12.9. The molecule has 0 aromatic heterocycles. The molecule has 0 bridgehead atoms. The van der Waals surface area contributed by atoms with E-state index in [9.17, 15) is 10.1 Å². The van der Waals surface area contributed by atoms with Gasteiger partial charge in [-0.1, -0.05) is 41.4 Å². The third-order valence-corrected chi connectivity index (χ3v) is 4.38. The van der Waals surface area contributed by atoms with Crippen LogP contribution in [0.15, 0.2) is 46.4 Å². The van der Waals surface area contributed by atoms with Gasteiger partial charge in [-0.25, -0.2) is 4.79 Å². The van der Waals surface area contributed by atoms with E-state index in [0.29, 0.717) is 12.4 Å². The van der Waals surface area contributed by atoms with E-state index in [1.807, 2.05) is 56.3 Å².